The van der Waals surface area contributed by atoms with Gasteiger partial charge >= 0.3 is 0 Å². The molecule has 0 aliphatic carbocycles. The van der Waals surface area contributed by atoms with Crippen LogP contribution < -0.4 is 0 Å². The van der Waals surface area contributed by atoms with Crippen LogP contribution >= 0.6 is 11.6 Å². The van der Waals surface area contributed by atoms with Crippen LogP contribution in [0.5, 0.6) is 0 Å². The molecule has 1 atom stereocenters. The molecule has 1 fully saturated rings. The number of rotatable bonds is 5. The third-order valence-corrected chi connectivity index (χ3v) is 4.47. The van der Waals surface area contributed by atoms with Crippen LogP contribution in [-0.4, -0.2) is 39.9 Å². The number of aliphatic hydroxyl groups is 1. The van der Waals surface area contributed by atoms with Crippen molar-refractivity contribution in [3.05, 3.63) is 29.1 Å². The molecule has 5 heteroatoms. The second kappa shape index (κ2) is 6.07. The number of aromatic amines is 1. The van der Waals surface area contributed by atoms with Gasteiger partial charge in [0.2, 0.25) is 0 Å². The van der Waals surface area contributed by atoms with Crippen LogP contribution in [0, 0.1) is 12.3 Å². The molecule has 0 aromatic carbocycles. The van der Waals surface area contributed by atoms with Gasteiger partial charge in [-0.15, -0.1) is 6.58 Å². The summed E-state index contributed by atoms with van der Waals surface area (Å²) in [5.74, 6) is 0. The summed E-state index contributed by atoms with van der Waals surface area (Å²) in [6, 6.07) is 0. The van der Waals surface area contributed by atoms with Gasteiger partial charge in [0.1, 0.15) is 0 Å². The average Bonchev–Trinajstić information content (AvgIpc) is 2.72. The van der Waals surface area contributed by atoms with Gasteiger partial charge in [0.15, 0.2) is 0 Å². The lowest BCUT2D eigenvalue weighted by molar-refractivity contribution is 0.0304. The first-order valence-corrected chi connectivity index (χ1v) is 7.11. The smallest absolute Gasteiger partial charge is 0.0951 e. The van der Waals surface area contributed by atoms with E-state index in [0.717, 1.165) is 55.3 Å². The van der Waals surface area contributed by atoms with E-state index in [-0.39, 0.29) is 12.0 Å². The number of likely N-dealkylation sites (tertiary alicyclic amines) is 1. The van der Waals surface area contributed by atoms with Crippen LogP contribution in [0.2, 0.25) is 5.02 Å². The molecule has 106 valence electrons. The molecule has 2 N–H and O–H groups in total. The zero-order valence-electron chi connectivity index (χ0n) is 11.5. The lowest BCUT2D eigenvalue weighted by atomic mass is 9.78. The molecule has 19 heavy (non-hydrogen) atoms. The highest BCUT2D eigenvalue weighted by atomic mass is 35.5. The Hall–Kier alpha value is -0.840. The minimum Gasteiger partial charge on any atom is -0.396 e. The molecular formula is C14H22ClN3O. The van der Waals surface area contributed by atoms with Crippen LogP contribution in [0.1, 0.15) is 30.7 Å². The lowest BCUT2D eigenvalue weighted by Gasteiger charge is -2.41. The first kappa shape index (κ1) is 14.6. The van der Waals surface area contributed by atoms with Gasteiger partial charge in [-0.1, -0.05) is 17.7 Å². The predicted molar refractivity (Wildman–Crippen MR) is 77.2 cm³/mol. The summed E-state index contributed by atoms with van der Waals surface area (Å²) >= 11 is 6.21. The molecule has 0 amide bonds. The van der Waals surface area contributed by atoms with Gasteiger partial charge in [0, 0.05) is 18.5 Å². The number of aromatic nitrogens is 2. The molecular weight excluding hydrogens is 262 g/mol. The maximum atomic E-state index is 9.69. The maximum Gasteiger partial charge on any atom is 0.0951 e. The van der Waals surface area contributed by atoms with Crippen molar-refractivity contribution in [2.24, 2.45) is 5.41 Å². The summed E-state index contributed by atoms with van der Waals surface area (Å²) in [6.45, 7) is 8.58. The van der Waals surface area contributed by atoms with Gasteiger partial charge in [-0.2, -0.15) is 5.10 Å². The van der Waals surface area contributed by atoms with E-state index < -0.39 is 0 Å². The zero-order valence-corrected chi connectivity index (χ0v) is 12.2. The van der Waals surface area contributed by atoms with Crippen molar-refractivity contribution in [3.8, 4) is 0 Å². The monoisotopic (exact) mass is 283 g/mol. The second-order valence-electron chi connectivity index (χ2n) is 5.57. The first-order valence-electron chi connectivity index (χ1n) is 6.74. The number of H-pyrrole nitrogens is 1. The Morgan fingerprint density at radius 1 is 1.63 bits per heavy atom. The highest BCUT2D eigenvalue weighted by molar-refractivity contribution is 6.31. The maximum absolute atomic E-state index is 9.69. The number of allylic oxidation sites excluding steroid dienone is 1. The van der Waals surface area contributed by atoms with E-state index in [0.29, 0.717) is 0 Å². The summed E-state index contributed by atoms with van der Waals surface area (Å²) in [5.41, 5.74) is 1.76. The molecule has 1 aliphatic rings. The van der Waals surface area contributed by atoms with E-state index in [2.05, 4.69) is 21.7 Å². The van der Waals surface area contributed by atoms with Crippen LogP contribution in [0.3, 0.4) is 0 Å². The zero-order chi connectivity index (χ0) is 13.9. The highest BCUT2D eigenvalue weighted by Gasteiger charge is 2.34. The number of nitrogens with one attached hydrogen (secondary N) is 1. The molecule has 0 saturated carbocycles. The highest BCUT2D eigenvalue weighted by Crippen LogP contribution is 2.34. The summed E-state index contributed by atoms with van der Waals surface area (Å²) < 4.78 is 0. The number of aliphatic hydroxyl groups excluding tert-OH is 1. The minimum atomic E-state index is -0.0438. The third-order valence-electron chi connectivity index (χ3n) is 3.97. The number of halogens is 1. The van der Waals surface area contributed by atoms with Crippen LogP contribution in [-0.2, 0) is 6.54 Å². The fourth-order valence-corrected chi connectivity index (χ4v) is 3.04. The van der Waals surface area contributed by atoms with Crippen molar-refractivity contribution in [2.45, 2.75) is 32.7 Å². The first-order chi connectivity index (χ1) is 9.10. The van der Waals surface area contributed by atoms with Gasteiger partial charge in [-0.05, 0) is 32.7 Å². The molecule has 1 saturated heterocycles. The topological polar surface area (TPSA) is 52.1 Å². The summed E-state index contributed by atoms with van der Waals surface area (Å²) in [5, 5.41) is 17.6. The van der Waals surface area contributed by atoms with Crippen molar-refractivity contribution >= 4 is 11.6 Å². The predicted octanol–water partition coefficient (Wildman–Crippen LogP) is 2.52. The third kappa shape index (κ3) is 3.19. The van der Waals surface area contributed by atoms with E-state index in [9.17, 15) is 5.11 Å². The van der Waals surface area contributed by atoms with E-state index in [4.69, 9.17) is 11.6 Å². The fourth-order valence-electron chi connectivity index (χ4n) is 2.89. The van der Waals surface area contributed by atoms with Gasteiger partial charge in [0.05, 0.1) is 23.0 Å². The molecule has 0 bridgehead atoms. The Morgan fingerprint density at radius 2 is 2.42 bits per heavy atom. The Kier molecular flexibility index (Phi) is 4.66. The van der Waals surface area contributed by atoms with E-state index in [1.807, 2.05) is 13.0 Å². The SMILES string of the molecule is C=CC[C@]1(CO)CCCN(Cc2n[nH]c(C)c2Cl)C1. The summed E-state index contributed by atoms with van der Waals surface area (Å²) in [4.78, 5) is 2.32. The van der Waals surface area contributed by atoms with Gasteiger partial charge in [0.25, 0.3) is 0 Å². The molecule has 1 aromatic heterocycles. The van der Waals surface area contributed by atoms with Crippen LogP contribution in [0.15, 0.2) is 12.7 Å². The van der Waals surface area contributed by atoms with Crippen molar-refractivity contribution in [3.63, 3.8) is 0 Å². The molecule has 1 aliphatic heterocycles. The van der Waals surface area contributed by atoms with Crippen molar-refractivity contribution in [1.82, 2.24) is 15.1 Å². The van der Waals surface area contributed by atoms with Crippen LogP contribution in [0.4, 0.5) is 0 Å². The molecule has 2 heterocycles. The van der Waals surface area contributed by atoms with Gasteiger partial charge < -0.3 is 5.11 Å². The van der Waals surface area contributed by atoms with E-state index in [1.165, 1.54) is 0 Å². The molecule has 0 spiro atoms. The second-order valence-corrected chi connectivity index (χ2v) is 5.95. The average molecular weight is 284 g/mol. The van der Waals surface area contributed by atoms with E-state index in [1.54, 1.807) is 0 Å². The van der Waals surface area contributed by atoms with Crippen molar-refractivity contribution in [2.75, 3.05) is 19.7 Å². The van der Waals surface area contributed by atoms with Crippen molar-refractivity contribution in [1.29, 1.82) is 0 Å². The number of piperidine rings is 1. The molecule has 0 radical (unpaired) electrons. The Labute approximate surface area is 119 Å². The fraction of sp³-hybridized carbons (Fsp3) is 0.643. The van der Waals surface area contributed by atoms with Gasteiger partial charge in [-0.25, -0.2) is 0 Å². The van der Waals surface area contributed by atoms with Gasteiger partial charge in [-0.3, -0.25) is 10.00 Å². The molecule has 0 unspecified atom stereocenters. The number of hydrogen-bond donors (Lipinski definition) is 2. The largest absolute Gasteiger partial charge is 0.396 e. The minimum absolute atomic E-state index is 0.0438. The lowest BCUT2D eigenvalue weighted by Crippen LogP contribution is -2.44. The Morgan fingerprint density at radius 3 is 3.00 bits per heavy atom. The standard InChI is InChI=1S/C14H22ClN3O/c1-3-5-14(10-19)6-4-7-18(9-14)8-12-13(15)11(2)16-17-12/h3,19H,1,4-10H2,2H3,(H,16,17)/t14-/m0/s1. The van der Waals surface area contributed by atoms with Crippen molar-refractivity contribution < 1.29 is 5.11 Å². The molecule has 4 nitrogen and oxygen atoms in total. The molecule has 2 rings (SSSR count). The number of hydrogen-bond acceptors (Lipinski definition) is 3. The summed E-state index contributed by atoms with van der Waals surface area (Å²) in [7, 11) is 0. The number of nitrogens with zero attached hydrogens (tertiary/aromatic N) is 2. The van der Waals surface area contributed by atoms with Crippen LogP contribution in [0.25, 0.3) is 0 Å². The normalized spacial score (nSPS) is 24.6. The Balaban J connectivity index is 2.05. The van der Waals surface area contributed by atoms with E-state index >= 15 is 0 Å². The quantitative estimate of drug-likeness (QED) is 0.817. The molecule has 1 aromatic rings. The number of aryl methyl sites for hydroxylation is 1. The Bertz CT molecular complexity index is 446. The summed E-state index contributed by atoms with van der Waals surface area (Å²) in [6.07, 6.45) is 4.91.